The summed E-state index contributed by atoms with van der Waals surface area (Å²) in [7, 11) is 1.55. The molecule has 0 bridgehead atoms. The first kappa shape index (κ1) is 17.1. The number of rotatable bonds is 5. The Morgan fingerprint density at radius 2 is 2.13 bits per heavy atom. The number of hydrogen-bond acceptors (Lipinski definition) is 6. The molecule has 0 spiro atoms. The van der Waals surface area contributed by atoms with E-state index in [1.165, 1.54) is 0 Å². The van der Waals surface area contributed by atoms with Gasteiger partial charge < -0.3 is 14.8 Å². The second kappa shape index (κ2) is 7.32. The molecule has 2 N–H and O–H groups in total. The van der Waals surface area contributed by atoms with Gasteiger partial charge in [0.2, 0.25) is 0 Å². The van der Waals surface area contributed by atoms with Crippen LogP contribution in [0.15, 0.2) is 29.1 Å². The smallest absolute Gasteiger partial charge is 0.412 e. The molecule has 6 nitrogen and oxygen atoms in total. The van der Waals surface area contributed by atoms with Gasteiger partial charge in [-0.15, -0.1) is 11.3 Å². The second-order valence-corrected chi connectivity index (χ2v) is 6.59. The van der Waals surface area contributed by atoms with E-state index in [1.807, 2.05) is 32.2 Å². The van der Waals surface area contributed by atoms with Crippen LogP contribution >= 0.6 is 11.3 Å². The second-order valence-electron chi connectivity index (χ2n) is 5.88. The zero-order valence-electron chi connectivity index (χ0n) is 13.7. The van der Waals surface area contributed by atoms with Crippen LogP contribution in [0.1, 0.15) is 26.5 Å². The summed E-state index contributed by atoms with van der Waals surface area (Å²) in [5, 5.41) is 7.95. The molecule has 124 valence electrons. The van der Waals surface area contributed by atoms with Crippen LogP contribution in [0, 0.1) is 0 Å². The van der Waals surface area contributed by atoms with Crippen molar-refractivity contribution in [2.24, 2.45) is 0 Å². The Hall–Kier alpha value is -2.28. The fraction of sp³-hybridized carbons (Fsp3) is 0.375. The molecule has 1 heterocycles. The van der Waals surface area contributed by atoms with Crippen LogP contribution in [0.3, 0.4) is 0 Å². The van der Waals surface area contributed by atoms with E-state index in [0.717, 1.165) is 11.4 Å². The van der Waals surface area contributed by atoms with Gasteiger partial charge >= 0.3 is 6.09 Å². The van der Waals surface area contributed by atoms with Crippen molar-refractivity contribution >= 4 is 28.8 Å². The topological polar surface area (TPSA) is 72.5 Å². The van der Waals surface area contributed by atoms with Gasteiger partial charge in [0.1, 0.15) is 11.4 Å². The van der Waals surface area contributed by atoms with Crippen molar-refractivity contribution in [2.75, 3.05) is 17.7 Å². The minimum atomic E-state index is -0.558. The standard InChI is InChI=1S/C16H21N3O3S/c1-16(2,3)22-15(20)19-13-7-11(5-6-14(13)21-4)17-8-12-9-23-10-18-12/h5-7,9-10,17H,8H2,1-4H3,(H,19,20). The lowest BCUT2D eigenvalue weighted by Crippen LogP contribution is -2.27. The van der Waals surface area contributed by atoms with Crippen molar-refractivity contribution in [2.45, 2.75) is 32.9 Å². The van der Waals surface area contributed by atoms with Crippen LogP contribution in [0.25, 0.3) is 0 Å². The Kier molecular flexibility index (Phi) is 5.44. The van der Waals surface area contributed by atoms with Gasteiger partial charge in [0.05, 0.1) is 30.5 Å². The summed E-state index contributed by atoms with van der Waals surface area (Å²) >= 11 is 1.55. The minimum absolute atomic E-state index is 0.521. The summed E-state index contributed by atoms with van der Waals surface area (Å²) in [5.41, 5.74) is 3.60. The Labute approximate surface area is 139 Å². The lowest BCUT2D eigenvalue weighted by atomic mass is 10.2. The predicted molar refractivity (Wildman–Crippen MR) is 92.3 cm³/mol. The Morgan fingerprint density at radius 3 is 2.74 bits per heavy atom. The van der Waals surface area contributed by atoms with Crippen molar-refractivity contribution in [3.63, 3.8) is 0 Å². The quantitative estimate of drug-likeness (QED) is 0.860. The van der Waals surface area contributed by atoms with Gasteiger partial charge in [-0.3, -0.25) is 5.32 Å². The summed E-state index contributed by atoms with van der Waals surface area (Å²) in [6.07, 6.45) is -0.521. The number of anilines is 2. The van der Waals surface area contributed by atoms with Crippen molar-refractivity contribution in [1.29, 1.82) is 0 Å². The van der Waals surface area contributed by atoms with E-state index in [0.29, 0.717) is 18.0 Å². The zero-order valence-corrected chi connectivity index (χ0v) is 14.5. The number of nitrogens with zero attached hydrogens (tertiary/aromatic N) is 1. The predicted octanol–water partition coefficient (Wildman–Crippen LogP) is 4.11. The van der Waals surface area contributed by atoms with Gasteiger partial charge in [0.15, 0.2) is 0 Å². The zero-order chi connectivity index (χ0) is 16.9. The molecule has 7 heteroatoms. The number of nitrogens with one attached hydrogen (secondary N) is 2. The van der Waals surface area contributed by atoms with E-state index in [-0.39, 0.29) is 0 Å². The number of amides is 1. The van der Waals surface area contributed by atoms with E-state index in [4.69, 9.17) is 9.47 Å². The fourth-order valence-electron chi connectivity index (χ4n) is 1.85. The molecule has 0 aliphatic carbocycles. The van der Waals surface area contributed by atoms with Gasteiger partial charge in [-0.05, 0) is 39.0 Å². The number of carbonyl (C=O) groups is 1. The average molecular weight is 335 g/mol. The summed E-state index contributed by atoms with van der Waals surface area (Å²) < 4.78 is 10.5. The van der Waals surface area contributed by atoms with E-state index >= 15 is 0 Å². The van der Waals surface area contributed by atoms with E-state index in [9.17, 15) is 4.79 Å². The first-order valence-corrected chi connectivity index (χ1v) is 8.10. The fourth-order valence-corrected chi connectivity index (χ4v) is 2.41. The third-order valence-electron chi connectivity index (χ3n) is 2.79. The van der Waals surface area contributed by atoms with Crippen LogP contribution in [0.4, 0.5) is 16.2 Å². The Balaban J connectivity index is 2.07. The molecule has 23 heavy (non-hydrogen) atoms. The Bertz CT molecular complexity index is 651. The first-order valence-electron chi connectivity index (χ1n) is 7.16. The molecule has 0 fully saturated rings. The molecule has 1 aromatic heterocycles. The van der Waals surface area contributed by atoms with Gasteiger partial charge in [-0.1, -0.05) is 0 Å². The number of carbonyl (C=O) groups excluding carboxylic acids is 1. The highest BCUT2D eigenvalue weighted by Gasteiger charge is 2.17. The van der Waals surface area contributed by atoms with Crippen molar-refractivity contribution in [1.82, 2.24) is 4.98 Å². The highest BCUT2D eigenvalue weighted by atomic mass is 32.1. The maximum absolute atomic E-state index is 11.9. The average Bonchev–Trinajstić information content (AvgIpc) is 2.96. The van der Waals surface area contributed by atoms with Crippen LogP contribution in [-0.4, -0.2) is 23.8 Å². The summed E-state index contributed by atoms with van der Waals surface area (Å²) in [6, 6.07) is 5.47. The maximum Gasteiger partial charge on any atom is 0.412 e. The molecule has 1 amide bonds. The van der Waals surface area contributed by atoms with E-state index in [1.54, 1.807) is 36.1 Å². The van der Waals surface area contributed by atoms with Crippen molar-refractivity contribution < 1.29 is 14.3 Å². The summed E-state index contributed by atoms with van der Waals surface area (Å²) in [6.45, 7) is 6.06. The van der Waals surface area contributed by atoms with Gasteiger partial charge in [0, 0.05) is 11.1 Å². The normalized spacial score (nSPS) is 11.0. The molecule has 0 saturated carbocycles. The third kappa shape index (κ3) is 5.45. The molecule has 0 atom stereocenters. The largest absolute Gasteiger partial charge is 0.495 e. The van der Waals surface area contributed by atoms with Crippen LogP contribution in [0.5, 0.6) is 5.75 Å². The molecule has 1 aromatic carbocycles. The van der Waals surface area contributed by atoms with Crippen LogP contribution in [-0.2, 0) is 11.3 Å². The van der Waals surface area contributed by atoms with E-state index < -0.39 is 11.7 Å². The van der Waals surface area contributed by atoms with Crippen LogP contribution < -0.4 is 15.4 Å². The summed E-state index contributed by atoms with van der Waals surface area (Å²) in [5.74, 6) is 0.565. The summed E-state index contributed by atoms with van der Waals surface area (Å²) in [4.78, 5) is 16.2. The van der Waals surface area contributed by atoms with Gasteiger partial charge in [-0.2, -0.15) is 0 Å². The number of thiazole rings is 1. The van der Waals surface area contributed by atoms with E-state index in [2.05, 4.69) is 15.6 Å². The number of aromatic nitrogens is 1. The van der Waals surface area contributed by atoms with Crippen LogP contribution in [0.2, 0.25) is 0 Å². The third-order valence-corrected chi connectivity index (χ3v) is 3.43. The molecule has 0 unspecified atom stereocenters. The number of ether oxygens (including phenoxy) is 2. The molecule has 0 aliphatic heterocycles. The molecular weight excluding hydrogens is 314 g/mol. The molecule has 0 radical (unpaired) electrons. The van der Waals surface area contributed by atoms with Gasteiger partial charge in [0.25, 0.3) is 0 Å². The molecule has 2 rings (SSSR count). The monoisotopic (exact) mass is 335 g/mol. The Morgan fingerprint density at radius 1 is 1.35 bits per heavy atom. The highest BCUT2D eigenvalue weighted by molar-refractivity contribution is 7.07. The number of hydrogen-bond donors (Lipinski definition) is 2. The lowest BCUT2D eigenvalue weighted by Gasteiger charge is -2.20. The number of benzene rings is 1. The highest BCUT2D eigenvalue weighted by Crippen LogP contribution is 2.28. The SMILES string of the molecule is COc1ccc(NCc2cscn2)cc1NC(=O)OC(C)(C)C. The van der Waals surface area contributed by atoms with Crippen molar-refractivity contribution in [3.05, 3.63) is 34.8 Å². The molecule has 2 aromatic rings. The van der Waals surface area contributed by atoms with Crippen molar-refractivity contribution in [3.8, 4) is 5.75 Å². The molecular formula is C16H21N3O3S. The number of methoxy groups -OCH3 is 1. The van der Waals surface area contributed by atoms with Gasteiger partial charge in [-0.25, -0.2) is 9.78 Å². The molecule has 0 saturated heterocycles. The minimum Gasteiger partial charge on any atom is -0.495 e. The maximum atomic E-state index is 11.9. The first-order chi connectivity index (χ1) is 10.9. The lowest BCUT2D eigenvalue weighted by molar-refractivity contribution is 0.0635. The molecule has 0 aliphatic rings.